The Labute approximate surface area is 144 Å². The Kier molecular flexibility index (Phi) is 6.15. The molecule has 1 aromatic carbocycles. The number of carbonyl (C=O) groups is 2. The SMILES string of the molecule is COC(=O)[C@H](CC(C)C)NC(=O)Cn1nnc(-c2ccc(F)cc2)n1. The fourth-order valence-corrected chi connectivity index (χ4v) is 2.22. The quantitative estimate of drug-likeness (QED) is 0.754. The van der Waals surface area contributed by atoms with Gasteiger partial charge < -0.3 is 10.1 Å². The highest BCUT2D eigenvalue weighted by molar-refractivity contribution is 5.84. The topological polar surface area (TPSA) is 99.0 Å². The predicted octanol–water partition coefficient (Wildman–Crippen LogP) is 1.18. The van der Waals surface area contributed by atoms with Gasteiger partial charge in [0.15, 0.2) is 0 Å². The monoisotopic (exact) mass is 349 g/mol. The molecule has 0 fully saturated rings. The molecule has 25 heavy (non-hydrogen) atoms. The van der Waals surface area contributed by atoms with Crippen LogP contribution in [0.4, 0.5) is 4.39 Å². The van der Waals surface area contributed by atoms with Crippen LogP contribution in [0.3, 0.4) is 0 Å². The number of methoxy groups -OCH3 is 1. The molecule has 1 aromatic heterocycles. The largest absolute Gasteiger partial charge is 0.467 e. The first-order valence-electron chi connectivity index (χ1n) is 7.80. The first kappa shape index (κ1) is 18.5. The smallest absolute Gasteiger partial charge is 0.328 e. The summed E-state index contributed by atoms with van der Waals surface area (Å²) in [5.41, 5.74) is 0.584. The third-order valence-electron chi connectivity index (χ3n) is 3.37. The summed E-state index contributed by atoms with van der Waals surface area (Å²) < 4.78 is 17.6. The van der Waals surface area contributed by atoms with Crippen molar-refractivity contribution in [3.05, 3.63) is 30.1 Å². The number of ether oxygens (including phenoxy) is 1. The Hall–Kier alpha value is -2.84. The van der Waals surface area contributed by atoms with Crippen LogP contribution in [0.15, 0.2) is 24.3 Å². The summed E-state index contributed by atoms with van der Waals surface area (Å²) in [5, 5.41) is 14.3. The number of hydrogen-bond donors (Lipinski definition) is 1. The van der Waals surface area contributed by atoms with Gasteiger partial charge in [-0.3, -0.25) is 4.79 Å². The Bertz CT molecular complexity index is 730. The van der Waals surface area contributed by atoms with Crippen molar-refractivity contribution < 1.29 is 18.7 Å². The van der Waals surface area contributed by atoms with Crippen LogP contribution in [0.5, 0.6) is 0 Å². The molecule has 9 heteroatoms. The number of aromatic nitrogens is 4. The van der Waals surface area contributed by atoms with Crippen LogP contribution in [0, 0.1) is 11.7 Å². The standard InChI is InChI=1S/C16H20FN5O3/c1-10(2)8-13(16(24)25-3)18-14(23)9-22-20-15(19-21-22)11-4-6-12(17)7-5-11/h4-7,10,13H,8-9H2,1-3H3,(H,18,23)/t13-/m0/s1. The molecule has 0 aliphatic heterocycles. The van der Waals surface area contributed by atoms with Crippen molar-refractivity contribution in [2.24, 2.45) is 5.92 Å². The summed E-state index contributed by atoms with van der Waals surface area (Å²) in [6, 6.07) is 4.89. The maximum absolute atomic E-state index is 12.9. The maximum Gasteiger partial charge on any atom is 0.328 e. The average Bonchev–Trinajstić information content (AvgIpc) is 3.02. The maximum atomic E-state index is 12.9. The fourth-order valence-electron chi connectivity index (χ4n) is 2.22. The molecule has 0 saturated heterocycles. The van der Waals surface area contributed by atoms with Gasteiger partial charge in [-0.05, 0) is 41.8 Å². The summed E-state index contributed by atoms with van der Waals surface area (Å²) in [6.07, 6.45) is 0.462. The molecule has 0 spiro atoms. The van der Waals surface area contributed by atoms with E-state index in [0.29, 0.717) is 12.0 Å². The van der Waals surface area contributed by atoms with Crippen LogP contribution in [-0.2, 0) is 20.9 Å². The molecule has 0 aliphatic rings. The van der Waals surface area contributed by atoms with E-state index in [4.69, 9.17) is 4.74 Å². The lowest BCUT2D eigenvalue weighted by molar-refractivity contribution is -0.145. The molecule has 1 amide bonds. The number of carbonyl (C=O) groups excluding carboxylic acids is 2. The minimum Gasteiger partial charge on any atom is -0.467 e. The number of amides is 1. The van der Waals surface area contributed by atoms with Crippen LogP contribution in [0.1, 0.15) is 20.3 Å². The average molecular weight is 349 g/mol. The van der Waals surface area contributed by atoms with Crippen molar-refractivity contribution in [1.82, 2.24) is 25.5 Å². The van der Waals surface area contributed by atoms with E-state index in [1.54, 1.807) is 0 Å². The number of nitrogens with one attached hydrogen (secondary N) is 1. The fraction of sp³-hybridized carbons (Fsp3) is 0.438. The van der Waals surface area contributed by atoms with Crippen molar-refractivity contribution in [3.63, 3.8) is 0 Å². The van der Waals surface area contributed by atoms with Gasteiger partial charge in [0.05, 0.1) is 7.11 Å². The molecule has 1 atom stereocenters. The van der Waals surface area contributed by atoms with Gasteiger partial charge in [0, 0.05) is 5.56 Å². The van der Waals surface area contributed by atoms with Gasteiger partial charge in [-0.1, -0.05) is 13.8 Å². The van der Waals surface area contributed by atoms with Crippen LogP contribution in [-0.4, -0.2) is 45.2 Å². The first-order chi connectivity index (χ1) is 11.9. The van der Waals surface area contributed by atoms with E-state index < -0.39 is 17.9 Å². The Morgan fingerprint density at radius 1 is 1.28 bits per heavy atom. The number of rotatable bonds is 7. The van der Waals surface area contributed by atoms with Crippen LogP contribution < -0.4 is 5.32 Å². The summed E-state index contributed by atoms with van der Waals surface area (Å²) in [6.45, 7) is 3.69. The van der Waals surface area contributed by atoms with E-state index in [2.05, 4.69) is 20.7 Å². The minimum atomic E-state index is -0.724. The summed E-state index contributed by atoms with van der Waals surface area (Å²) in [7, 11) is 1.27. The highest BCUT2D eigenvalue weighted by atomic mass is 19.1. The molecule has 2 rings (SSSR count). The molecule has 2 aromatic rings. The number of esters is 1. The zero-order chi connectivity index (χ0) is 18.4. The molecule has 0 aliphatic carbocycles. The van der Waals surface area contributed by atoms with E-state index in [9.17, 15) is 14.0 Å². The molecular weight excluding hydrogens is 329 g/mol. The third kappa shape index (κ3) is 5.33. The van der Waals surface area contributed by atoms with Crippen molar-refractivity contribution in [3.8, 4) is 11.4 Å². The Balaban J connectivity index is 2.00. The number of halogens is 1. The van der Waals surface area contributed by atoms with Gasteiger partial charge in [-0.2, -0.15) is 4.80 Å². The van der Waals surface area contributed by atoms with E-state index >= 15 is 0 Å². The van der Waals surface area contributed by atoms with E-state index in [1.807, 2.05) is 13.8 Å². The van der Waals surface area contributed by atoms with Crippen molar-refractivity contribution in [2.75, 3.05) is 7.11 Å². The number of tetrazole rings is 1. The lowest BCUT2D eigenvalue weighted by Crippen LogP contribution is -2.43. The summed E-state index contributed by atoms with van der Waals surface area (Å²) in [5.74, 6) is -0.812. The van der Waals surface area contributed by atoms with Gasteiger partial charge in [0.1, 0.15) is 18.4 Å². The Morgan fingerprint density at radius 3 is 2.56 bits per heavy atom. The number of nitrogens with zero attached hydrogens (tertiary/aromatic N) is 4. The van der Waals surface area contributed by atoms with Crippen LogP contribution >= 0.6 is 0 Å². The molecule has 134 valence electrons. The second kappa shape index (κ2) is 8.32. The van der Waals surface area contributed by atoms with Gasteiger partial charge >= 0.3 is 5.97 Å². The summed E-state index contributed by atoms with van der Waals surface area (Å²) >= 11 is 0. The van der Waals surface area contributed by atoms with E-state index in [0.717, 1.165) is 4.80 Å². The molecule has 0 unspecified atom stereocenters. The van der Waals surface area contributed by atoms with Gasteiger partial charge in [-0.25, -0.2) is 9.18 Å². The predicted molar refractivity (Wildman–Crippen MR) is 86.6 cm³/mol. The zero-order valence-electron chi connectivity index (χ0n) is 14.3. The van der Waals surface area contributed by atoms with Gasteiger partial charge in [0.2, 0.25) is 11.7 Å². The lowest BCUT2D eigenvalue weighted by atomic mass is 10.0. The van der Waals surface area contributed by atoms with E-state index in [-0.39, 0.29) is 24.1 Å². The highest BCUT2D eigenvalue weighted by Gasteiger charge is 2.23. The number of hydrogen-bond acceptors (Lipinski definition) is 6. The second-order valence-corrected chi connectivity index (χ2v) is 5.92. The third-order valence-corrected chi connectivity index (χ3v) is 3.37. The van der Waals surface area contributed by atoms with Crippen LogP contribution in [0.25, 0.3) is 11.4 Å². The Morgan fingerprint density at radius 2 is 1.96 bits per heavy atom. The molecular formula is C16H20FN5O3. The molecule has 8 nitrogen and oxygen atoms in total. The lowest BCUT2D eigenvalue weighted by Gasteiger charge is -2.17. The summed E-state index contributed by atoms with van der Waals surface area (Å²) in [4.78, 5) is 25.0. The van der Waals surface area contributed by atoms with Crippen LogP contribution in [0.2, 0.25) is 0 Å². The zero-order valence-corrected chi connectivity index (χ0v) is 14.3. The normalized spacial score (nSPS) is 12.0. The molecule has 0 radical (unpaired) electrons. The van der Waals surface area contributed by atoms with Gasteiger partial charge in [0.25, 0.3) is 0 Å². The highest BCUT2D eigenvalue weighted by Crippen LogP contribution is 2.13. The first-order valence-corrected chi connectivity index (χ1v) is 7.80. The van der Waals surface area contributed by atoms with Crippen molar-refractivity contribution in [1.29, 1.82) is 0 Å². The van der Waals surface area contributed by atoms with E-state index in [1.165, 1.54) is 31.4 Å². The van der Waals surface area contributed by atoms with Crippen molar-refractivity contribution >= 4 is 11.9 Å². The van der Waals surface area contributed by atoms with Crippen molar-refractivity contribution in [2.45, 2.75) is 32.9 Å². The molecule has 1 heterocycles. The second-order valence-electron chi connectivity index (χ2n) is 5.92. The molecule has 0 bridgehead atoms. The minimum absolute atomic E-state index is 0.195. The molecule has 0 saturated carbocycles. The number of benzene rings is 1. The van der Waals surface area contributed by atoms with Gasteiger partial charge in [-0.15, -0.1) is 10.2 Å². The molecule has 1 N–H and O–H groups in total.